The zero-order valence-corrected chi connectivity index (χ0v) is 15.9. The SMILES string of the molecule is C=C1OC(Cn2ccnn2)CN1c1cc(F)c(-c2ccc(N=CN)nc2)cc1C. The first kappa shape index (κ1) is 18.6. The Hall–Kier alpha value is -3.75. The highest BCUT2D eigenvalue weighted by Crippen LogP contribution is 2.34. The normalized spacial score (nSPS) is 16.6. The van der Waals surface area contributed by atoms with Gasteiger partial charge in [-0.15, -0.1) is 5.10 Å². The predicted molar refractivity (Wildman–Crippen MR) is 108 cm³/mol. The number of ether oxygens (including phenoxy) is 1. The van der Waals surface area contributed by atoms with Gasteiger partial charge < -0.3 is 15.4 Å². The van der Waals surface area contributed by atoms with Gasteiger partial charge in [-0.1, -0.05) is 5.21 Å². The lowest BCUT2D eigenvalue weighted by Gasteiger charge is -2.20. The topological polar surface area (TPSA) is 94.5 Å². The van der Waals surface area contributed by atoms with Crippen molar-refractivity contribution in [2.24, 2.45) is 10.7 Å². The van der Waals surface area contributed by atoms with Gasteiger partial charge in [0.2, 0.25) is 0 Å². The standard InChI is InChI=1S/C20H20FN7O/c1-13-7-17(15-3-4-20(23-9-15)24-12-22)18(21)8-19(13)28-11-16(29-14(28)2)10-27-6-5-25-26-27/h3-9,12,16H,2,10-11H2,1H3,(H2,22,23,24). The third-order valence-electron chi connectivity index (χ3n) is 4.69. The second-order valence-electron chi connectivity index (χ2n) is 6.67. The number of nitrogens with zero attached hydrogens (tertiary/aromatic N) is 6. The first-order valence-electron chi connectivity index (χ1n) is 9.03. The van der Waals surface area contributed by atoms with Gasteiger partial charge in [-0.05, 0) is 43.3 Å². The third kappa shape index (κ3) is 3.79. The molecule has 148 valence electrons. The predicted octanol–water partition coefficient (Wildman–Crippen LogP) is 2.78. The highest BCUT2D eigenvalue weighted by molar-refractivity contribution is 5.71. The number of pyridine rings is 1. The summed E-state index contributed by atoms with van der Waals surface area (Å²) >= 11 is 0. The number of hydrogen-bond donors (Lipinski definition) is 1. The van der Waals surface area contributed by atoms with Crippen LogP contribution < -0.4 is 10.6 Å². The zero-order chi connectivity index (χ0) is 20.4. The molecule has 4 rings (SSSR count). The van der Waals surface area contributed by atoms with Crippen LogP contribution in [0, 0.1) is 12.7 Å². The van der Waals surface area contributed by atoms with Gasteiger partial charge in [0.05, 0.1) is 25.6 Å². The van der Waals surface area contributed by atoms with Crippen molar-refractivity contribution in [2.45, 2.75) is 19.6 Å². The van der Waals surface area contributed by atoms with Crippen LogP contribution in [0.5, 0.6) is 0 Å². The van der Waals surface area contributed by atoms with Gasteiger partial charge >= 0.3 is 0 Å². The molecule has 1 aliphatic heterocycles. The molecule has 1 atom stereocenters. The van der Waals surface area contributed by atoms with Crippen molar-refractivity contribution in [2.75, 3.05) is 11.4 Å². The maximum Gasteiger partial charge on any atom is 0.186 e. The Morgan fingerprint density at radius 1 is 1.41 bits per heavy atom. The van der Waals surface area contributed by atoms with Gasteiger partial charge in [0.1, 0.15) is 11.9 Å². The summed E-state index contributed by atoms with van der Waals surface area (Å²) in [5.41, 5.74) is 8.01. The molecule has 3 heterocycles. The minimum atomic E-state index is -0.352. The van der Waals surface area contributed by atoms with Crippen LogP contribution in [0.25, 0.3) is 11.1 Å². The Bertz CT molecular complexity index is 1050. The minimum Gasteiger partial charge on any atom is -0.472 e. The number of aliphatic imine (C=N–C) groups is 1. The Kier molecular flexibility index (Phi) is 4.94. The van der Waals surface area contributed by atoms with E-state index in [9.17, 15) is 4.39 Å². The molecule has 1 unspecified atom stereocenters. The van der Waals surface area contributed by atoms with Gasteiger partial charge in [0.15, 0.2) is 11.7 Å². The molecule has 0 amide bonds. The molecule has 1 aliphatic rings. The molecule has 0 saturated carbocycles. The molecule has 2 N–H and O–H groups in total. The number of aromatic nitrogens is 4. The van der Waals surface area contributed by atoms with Crippen molar-refractivity contribution in [1.29, 1.82) is 0 Å². The number of hydrogen-bond acceptors (Lipinski definition) is 6. The summed E-state index contributed by atoms with van der Waals surface area (Å²) in [6.45, 7) is 6.99. The summed E-state index contributed by atoms with van der Waals surface area (Å²) in [5.74, 6) is 0.597. The molecule has 1 aromatic carbocycles. The van der Waals surface area contributed by atoms with Crippen molar-refractivity contribution in [1.82, 2.24) is 20.0 Å². The van der Waals surface area contributed by atoms with Gasteiger partial charge in [-0.2, -0.15) is 0 Å². The molecule has 1 saturated heterocycles. The van der Waals surface area contributed by atoms with Gasteiger partial charge in [-0.25, -0.2) is 19.0 Å². The number of aryl methyl sites for hydroxylation is 1. The smallest absolute Gasteiger partial charge is 0.186 e. The summed E-state index contributed by atoms with van der Waals surface area (Å²) in [6.07, 6.45) is 5.98. The second kappa shape index (κ2) is 7.70. The molecular formula is C20H20FN7O. The molecule has 3 aromatic rings. The second-order valence-corrected chi connectivity index (χ2v) is 6.67. The van der Waals surface area contributed by atoms with Crippen LogP contribution in [0.15, 0.2) is 60.3 Å². The molecule has 0 aliphatic carbocycles. The fraction of sp³-hybridized carbons (Fsp3) is 0.200. The number of benzene rings is 1. The quantitative estimate of drug-likeness (QED) is 0.529. The summed E-state index contributed by atoms with van der Waals surface area (Å²) < 4.78 is 22.5. The summed E-state index contributed by atoms with van der Waals surface area (Å²) in [6, 6.07) is 6.75. The van der Waals surface area contributed by atoms with E-state index in [1.165, 1.54) is 12.4 Å². The first-order chi connectivity index (χ1) is 14.0. The average Bonchev–Trinajstić information content (AvgIpc) is 3.34. The molecule has 0 bridgehead atoms. The highest BCUT2D eigenvalue weighted by atomic mass is 19.1. The van der Waals surface area contributed by atoms with Crippen LogP contribution in [0.4, 0.5) is 15.9 Å². The van der Waals surface area contributed by atoms with Gasteiger partial charge in [0.25, 0.3) is 0 Å². The van der Waals surface area contributed by atoms with Gasteiger partial charge in [0, 0.05) is 29.2 Å². The number of rotatable bonds is 5. The Labute approximate surface area is 167 Å². The molecular weight excluding hydrogens is 373 g/mol. The lowest BCUT2D eigenvalue weighted by atomic mass is 10.0. The largest absolute Gasteiger partial charge is 0.472 e. The first-order valence-corrected chi connectivity index (χ1v) is 9.03. The maximum atomic E-state index is 15.0. The van der Waals surface area contributed by atoms with E-state index in [1.807, 2.05) is 11.8 Å². The summed E-state index contributed by atoms with van der Waals surface area (Å²) in [4.78, 5) is 9.94. The summed E-state index contributed by atoms with van der Waals surface area (Å²) in [5, 5.41) is 7.75. The highest BCUT2D eigenvalue weighted by Gasteiger charge is 2.30. The zero-order valence-electron chi connectivity index (χ0n) is 15.9. The van der Waals surface area contributed by atoms with Crippen LogP contribution in [0.3, 0.4) is 0 Å². The molecule has 0 radical (unpaired) electrons. The van der Waals surface area contributed by atoms with E-state index >= 15 is 0 Å². The van der Waals surface area contributed by atoms with E-state index in [2.05, 4.69) is 26.9 Å². The molecule has 8 nitrogen and oxygen atoms in total. The average molecular weight is 393 g/mol. The van der Waals surface area contributed by atoms with Crippen LogP contribution in [-0.4, -0.2) is 39.0 Å². The number of halogens is 1. The van der Waals surface area contributed by atoms with E-state index in [0.29, 0.717) is 35.9 Å². The maximum absolute atomic E-state index is 15.0. The lowest BCUT2D eigenvalue weighted by molar-refractivity contribution is 0.147. The van der Waals surface area contributed by atoms with Gasteiger partial charge in [-0.3, -0.25) is 0 Å². The summed E-state index contributed by atoms with van der Waals surface area (Å²) in [7, 11) is 0. The van der Waals surface area contributed by atoms with E-state index in [1.54, 1.807) is 41.5 Å². The third-order valence-corrected chi connectivity index (χ3v) is 4.69. The van der Waals surface area contributed by atoms with E-state index < -0.39 is 0 Å². The van der Waals surface area contributed by atoms with Crippen LogP contribution in [0.1, 0.15) is 5.56 Å². The molecule has 2 aromatic heterocycles. The molecule has 0 spiro atoms. The van der Waals surface area contributed by atoms with Crippen molar-refractivity contribution in [3.63, 3.8) is 0 Å². The molecule has 1 fully saturated rings. The molecule has 29 heavy (non-hydrogen) atoms. The van der Waals surface area contributed by atoms with E-state index in [0.717, 1.165) is 11.3 Å². The lowest BCUT2D eigenvalue weighted by Crippen LogP contribution is -2.24. The van der Waals surface area contributed by atoms with Crippen LogP contribution in [-0.2, 0) is 11.3 Å². The Balaban J connectivity index is 1.57. The van der Waals surface area contributed by atoms with Crippen LogP contribution in [0.2, 0.25) is 0 Å². The minimum absolute atomic E-state index is 0.147. The molecule has 9 heteroatoms. The Morgan fingerprint density at radius 3 is 2.97 bits per heavy atom. The Morgan fingerprint density at radius 2 is 2.28 bits per heavy atom. The number of anilines is 1. The van der Waals surface area contributed by atoms with E-state index in [-0.39, 0.29) is 11.9 Å². The van der Waals surface area contributed by atoms with E-state index in [4.69, 9.17) is 10.5 Å². The fourth-order valence-corrected chi connectivity index (χ4v) is 3.35. The number of nitrogens with two attached hydrogens (primary N) is 1. The van der Waals surface area contributed by atoms with Crippen molar-refractivity contribution < 1.29 is 9.13 Å². The van der Waals surface area contributed by atoms with Crippen molar-refractivity contribution >= 4 is 17.8 Å². The monoisotopic (exact) mass is 393 g/mol. The van der Waals surface area contributed by atoms with Crippen molar-refractivity contribution in [3.05, 3.63) is 66.7 Å². The van der Waals surface area contributed by atoms with Crippen LogP contribution >= 0.6 is 0 Å². The van der Waals surface area contributed by atoms with Crippen molar-refractivity contribution in [3.8, 4) is 11.1 Å². The fourth-order valence-electron chi connectivity index (χ4n) is 3.35.